The van der Waals surface area contributed by atoms with Gasteiger partial charge in [0.05, 0.1) is 0 Å². The lowest BCUT2D eigenvalue weighted by Gasteiger charge is -2.01. The quantitative estimate of drug-likeness (QED) is 0.427. The highest BCUT2D eigenvalue weighted by Gasteiger charge is 2.01. The summed E-state index contributed by atoms with van der Waals surface area (Å²) in [7, 11) is 0. The Labute approximate surface area is 127 Å². The Morgan fingerprint density at radius 1 is 1.00 bits per heavy atom. The minimum absolute atomic E-state index is 0.0295. The molecule has 2 nitrogen and oxygen atoms in total. The fourth-order valence-corrected chi connectivity index (χ4v) is 2.39. The van der Waals surface area contributed by atoms with E-state index < -0.39 is 0 Å². The average molecular weight is 291 g/mol. The van der Waals surface area contributed by atoms with Gasteiger partial charge in [0, 0.05) is 16.6 Å². The summed E-state index contributed by atoms with van der Waals surface area (Å²) in [4.78, 5) is 15.2. The van der Waals surface area contributed by atoms with E-state index in [2.05, 4.69) is 4.98 Å². The number of ketones is 1. The van der Waals surface area contributed by atoms with Gasteiger partial charge in [-0.1, -0.05) is 60.7 Å². The second-order valence-electron chi connectivity index (χ2n) is 4.70. The lowest BCUT2D eigenvalue weighted by molar-refractivity contribution is 0.104. The van der Waals surface area contributed by atoms with Crippen LogP contribution < -0.4 is 0 Å². The van der Waals surface area contributed by atoms with Gasteiger partial charge in [-0.25, -0.2) is 0 Å². The van der Waals surface area contributed by atoms with Gasteiger partial charge in [-0.05, 0) is 29.7 Å². The highest BCUT2D eigenvalue weighted by Crippen LogP contribution is 2.15. The first-order valence-corrected chi connectivity index (χ1v) is 7.04. The van der Waals surface area contributed by atoms with Crippen molar-refractivity contribution in [2.45, 2.75) is 0 Å². The fourth-order valence-electron chi connectivity index (χ4n) is 2.15. The van der Waals surface area contributed by atoms with E-state index in [4.69, 9.17) is 12.2 Å². The summed E-state index contributed by atoms with van der Waals surface area (Å²) < 4.78 is 0.630. The Morgan fingerprint density at radius 3 is 2.52 bits per heavy atom. The topological polar surface area (TPSA) is 32.9 Å². The third-order valence-corrected chi connectivity index (χ3v) is 3.59. The number of H-pyrrole nitrogens is 1. The number of aromatic nitrogens is 1. The van der Waals surface area contributed by atoms with Crippen molar-refractivity contribution in [1.29, 1.82) is 0 Å². The minimum Gasteiger partial charge on any atom is -0.346 e. The molecule has 3 aromatic rings. The molecule has 3 heteroatoms. The van der Waals surface area contributed by atoms with Gasteiger partial charge in [-0.2, -0.15) is 0 Å². The summed E-state index contributed by atoms with van der Waals surface area (Å²) in [5, 5.41) is 1.07. The predicted molar refractivity (Wildman–Crippen MR) is 88.9 cm³/mol. The molecule has 0 unspecified atom stereocenters. The number of benzene rings is 2. The monoisotopic (exact) mass is 291 g/mol. The maximum Gasteiger partial charge on any atom is 0.185 e. The smallest absolute Gasteiger partial charge is 0.185 e. The first-order valence-electron chi connectivity index (χ1n) is 6.63. The second-order valence-corrected chi connectivity index (χ2v) is 5.11. The van der Waals surface area contributed by atoms with Crippen molar-refractivity contribution in [2.75, 3.05) is 0 Å². The molecule has 0 bridgehead atoms. The number of nitrogens with one attached hydrogen (secondary N) is 1. The third-order valence-electron chi connectivity index (χ3n) is 3.25. The molecule has 1 aromatic heterocycles. The van der Waals surface area contributed by atoms with Crippen LogP contribution in [0.3, 0.4) is 0 Å². The van der Waals surface area contributed by atoms with Crippen LogP contribution in [0.25, 0.3) is 17.0 Å². The van der Waals surface area contributed by atoms with Crippen molar-refractivity contribution in [2.24, 2.45) is 0 Å². The van der Waals surface area contributed by atoms with Gasteiger partial charge >= 0.3 is 0 Å². The molecule has 0 fully saturated rings. The van der Waals surface area contributed by atoms with E-state index in [1.807, 2.05) is 48.5 Å². The molecule has 0 aliphatic rings. The number of carbonyl (C=O) groups excluding carboxylic acids is 1. The molecule has 102 valence electrons. The van der Waals surface area contributed by atoms with Crippen LogP contribution in [0.15, 0.2) is 66.7 Å². The maximum absolute atomic E-state index is 12.1. The number of rotatable bonds is 3. The largest absolute Gasteiger partial charge is 0.346 e. The molecular formula is C18H13NOS. The zero-order valence-corrected chi connectivity index (χ0v) is 12.1. The van der Waals surface area contributed by atoms with Gasteiger partial charge in [0.25, 0.3) is 0 Å². The van der Waals surface area contributed by atoms with Gasteiger partial charge in [0.15, 0.2) is 5.78 Å². The number of aromatic amines is 1. The van der Waals surface area contributed by atoms with Crippen LogP contribution >= 0.6 is 12.2 Å². The molecule has 2 aromatic carbocycles. The van der Waals surface area contributed by atoms with Gasteiger partial charge in [-0.15, -0.1) is 0 Å². The van der Waals surface area contributed by atoms with Crippen molar-refractivity contribution >= 4 is 35.0 Å². The molecule has 0 aliphatic heterocycles. The highest BCUT2D eigenvalue weighted by molar-refractivity contribution is 7.71. The summed E-state index contributed by atoms with van der Waals surface area (Å²) in [6, 6.07) is 19.1. The summed E-state index contributed by atoms with van der Waals surface area (Å²) in [5.74, 6) is -0.0295. The average Bonchev–Trinajstić information content (AvgIpc) is 2.53. The molecule has 21 heavy (non-hydrogen) atoms. The predicted octanol–water partition coefficient (Wildman–Crippen LogP) is 4.79. The van der Waals surface area contributed by atoms with Crippen LogP contribution in [-0.2, 0) is 0 Å². The second kappa shape index (κ2) is 5.85. The number of hydrogen-bond donors (Lipinski definition) is 1. The molecule has 0 saturated carbocycles. The lowest BCUT2D eigenvalue weighted by atomic mass is 10.1. The lowest BCUT2D eigenvalue weighted by Crippen LogP contribution is -1.93. The van der Waals surface area contributed by atoms with E-state index in [9.17, 15) is 4.79 Å². The Balaban J connectivity index is 1.94. The number of hydrogen-bond acceptors (Lipinski definition) is 2. The minimum atomic E-state index is -0.0295. The van der Waals surface area contributed by atoms with Crippen LogP contribution in [0.4, 0.5) is 0 Å². The number of pyridine rings is 1. The van der Waals surface area contributed by atoms with Crippen LogP contribution in [0.5, 0.6) is 0 Å². The van der Waals surface area contributed by atoms with Gasteiger partial charge in [-0.3, -0.25) is 4.79 Å². The molecular weight excluding hydrogens is 278 g/mol. The molecule has 0 spiro atoms. The number of para-hydroxylation sites is 1. The Bertz CT molecular complexity index is 878. The van der Waals surface area contributed by atoms with Gasteiger partial charge in [0.2, 0.25) is 0 Å². The van der Waals surface area contributed by atoms with Crippen molar-refractivity contribution in [1.82, 2.24) is 4.98 Å². The number of fused-ring (bicyclic) bond motifs is 1. The van der Waals surface area contributed by atoms with Crippen molar-refractivity contribution < 1.29 is 4.79 Å². The molecule has 0 amide bonds. The Morgan fingerprint density at radius 2 is 1.71 bits per heavy atom. The molecule has 0 atom stereocenters. The fraction of sp³-hybridized carbons (Fsp3) is 0. The van der Waals surface area contributed by atoms with Gasteiger partial charge < -0.3 is 4.98 Å². The molecule has 3 rings (SSSR count). The first kappa shape index (κ1) is 13.5. The van der Waals surface area contributed by atoms with E-state index in [0.717, 1.165) is 16.5 Å². The molecule has 1 heterocycles. The van der Waals surface area contributed by atoms with Crippen LogP contribution in [0, 0.1) is 4.64 Å². The van der Waals surface area contributed by atoms with Crippen molar-refractivity contribution in [3.63, 3.8) is 0 Å². The Hall–Kier alpha value is -2.52. The molecule has 1 N–H and O–H groups in total. The van der Waals surface area contributed by atoms with E-state index in [1.165, 1.54) is 0 Å². The standard InChI is InChI=1S/C18H13NOS/c20-17(13-6-2-1-3-7-13)11-10-15-12-14-8-4-5-9-16(14)19-18(15)21/h1-12H,(H,19,21). The normalized spacial score (nSPS) is 11.0. The zero-order valence-electron chi connectivity index (χ0n) is 11.2. The maximum atomic E-state index is 12.1. The Kier molecular flexibility index (Phi) is 3.75. The summed E-state index contributed by atoms with van der Waals surface area (Å²) in [5.41, 5.74) is 2.51. The van der Waals surface area contributed by atoms with Crippen molar-refractivity contribution in [3.8, 4) is 0 Å². The van der Waals surface area contributed by atoms with E-state index in [1.54, 1.807) is 24.3 Å². The molecule has 0 aliphatic carbocycles. The van der Waals surface area contributed by atoms with E-state index in [0.29, 0.717) is 10.2 Å². The van der Waals surface area contributed by atoms with Crippen LogP contribution in [0.1, 0.15) is 15.9 Å². The first-order chi connectivity index (χ1) is 10.2. The molecule has 0 saturated heterocycles. The van der Waals surface area contributed by atoms with E-state index in [-0.39, 0.29) is 5.78 Å². The summed E-state index contributed by atoms with van der Waals surface area (Å²) >= 11 is 5.33. The SMILES string of the molecule is O=C(C=Cc1cc2ccccc2[nH]c1=S)c1ccccc1. The van der Waals surface area contributed by atoms with Gasteiger partial charge in [0.1, 0.15) is 4.64 Å². The van der Waals surface area contributed by atoms with Crippen molar-refractivity contribution in [3.05, 3.63) is 82.5 Å². The third kappa shape index (κ3) is 2.98. The number of carbonyl (C=O) groups is 1. The summed E-state index contributed by atoms with van der Waals surface area (Å²) in [6.45, 7) is 0. The van der Waals surface area contributed by atoms with E-state index >= 15 is 0 Å². The summed E-state index contributed by atoms with van der Waals surface area (Å²) in [6.07, 6.45) is 3.32. The van der Waals surface area contributed by atoms with Crippen LogP contribution in [0.2, 0.25) is 0 Å². The van der Waals surface area contributed by atoms with Crippen LogP contribution in [-0.4, -0.2) is 10.8 Å². The highest BCUT2D eigenvalue weighted by atomic mass is 32.1. The zero-order chi connectivity index (χ0) is 14.7. The number of allylic oxidation sites excluding steroid dienone is 1. The molecule has 0 radical (unpaired) electrons.